The summed E-state index contributed by atoms with van der Waals surface area (Å²) in [5.41, 5.74) is 2.06. The summed E-state index contributed by atoms with van der Waals surface area (Å²) in [6.45, 7) is 3.17. The van der Waals surface area contributed by atoms with Crippen LogP contribution in [-0.4, -0.2) is 33.9 Å². The molecule has 0 aliphatic carbocycles. The molecule has 0 spiro atoms. The van der Waals surface area contributed by atoms with Crippen LogP contribution in [0.2, 0.25) is 5.02 Å². The number of aliphatic hydroxyl groups excluding tert-OH is 1. The Balaban J connectivity index is 2.03. The lowest BCUT2D eigenvalue weighted by molar-refractivity contribution is 0.198. The quantitative estimate of drug-likeness (QED) is 0.768. The summed E-state index contributed by atoms with van der Waals surface area (Å²) in [7, 11) is 0. The van der Waals surface area contributed by atoms with Crippen molar-refractivity contribution in [2.45, 2.75) is 19.4 Å². The average Bonchev–Trinajstić information content (AvgIpc) is 3.01. The van der Waals surface area contributed by atoms with Crippen LogP contribution in [-0.2, 0) is 0 Å². The number of hydrogen-bond acceptors (Lipinski definition) is 4. The van der Waals surface area contributed by atoms with Crippen molar-refractivity contribution >= 4 is 28.3 Å². The third-order valence-electron chi connectivity index (χ3n) is 4.58. The van der Waals surface area contributed by atoms with E-state index in [9.17, 15) is 9.90 Å². The van der Waals surface area contributed by atoms with E-state index in [0.717, 1.165) is 16.5 Å². The zero-order valence-corrected chi connectivity index (χ0v) is 14.6. The van der Waals surface area contributed by atoms with E-state index in [1.54, 1.807) is 10.6 Å². The maximum atomic E-state index is 12.9. The minimum absolute atomic E-state index is 0.373. The molecule has 5 nitrogen and oxygen atoms in total. The van der Waals surface area contributed by atoms with Gasteiger partial charge < -0.3 is 10.0 Å². The van der Waals surface area contributed by atoms with Gasteiger partial charge in [0.25, 0.3) is 0 Å². The van der Waals surface area contributed by atoms with E-state index in [1.165, 1.54) is 0 Å². The average molecular weight is 356 g/mol. The smallest absolute Gasteiger partial charge is 0.354 e. The predicted octanol–water partition coefficient (Wildman–Crippen LogP) is 2.92. The highest BCUT2D eigenvalue weighted by Crippen LogP contribution is 2.29. The fraction of sp³-hybridized carbons (Fsp3) is 0.263. The number of benzene rings is 2. The van der Waals surface area contributed by atoms with Crippen LogP contribution in [0.5, 0.6) is 0 Å². The Labute approximate surface area is 150 Å². The van der Waals surface area contributed by atoms with E-state index in [1.807, 2.05) is 48.2 Å². The standard InChI is InChI=1S/C19H18ClN3O2/c1-12-6-7-14-17(10-12)23(16-5-3-2-4-15(16)20)19(25)21-18(14)22-9-8-13(24)11-22/h2-7,10,13,24H,8-9,11H2,1H3/t13-/m1/s1. The molecule has 1 fully saturated rings. The van der Waals surface area contributed by atoms with Crippen molar-refractivity contribution < 1.29 is 5.11 Å². The lowest BCUT2D eigenvalue weighted by atomic mass is 10.1. The maximum Gasteiger partial charge on any atom is 0.354 e. The van der Waals surface area contributed by atoms with Crippen molar-refractivity contribution in [1.29, 1.82) is 0 Å². The van der Waals surface area contributed by atoms with Crippen molar-refractivity contribution in [3.8, 4) is 5.69 Å². The highest BCUT2D eigenvalue weighted by atomic mass is 35.5. The van der Waals surface area contributed by atoms with Crippen molar-refractivity contribution in [3.63, 3.8) is 0 Å². The molecule has 0 radical (unpaired) electrons. The highest BCUT2D eigenvalue weighted by Gasteiger charge is 2.25. The Morgan fingerprint density at radius 1 is 1.24 bits per heavy atom. The fourth-order valence-corrected chi connectivity index (χ4v) is 3.58. The van der Waals surface area contributed by atoms with Crippen LogP contribution in [0.25, 0.3) is 16.6 Å². The van der Waals surface area contributed by atoms with Crippen LogP contribution >= 0.6 is 11.6 Å². The molecule has 0 amide bonds. The molecule has 0 saturated carbocycles. The van der Waals surface area contributed by atoms with Crippen LogP contribution in [0, 0.1) is 6.92 Å². The second-order valence-corrected chi connectivity index (χ2v) is 6.82. The van der Waals surface area contributed by atoms with Crippen molar-refractivity contribution in [1.82, 2.24) is 9.55 Å². The first kappa shape index (κ1) is 16.1. The Hall–Kier alpha value is -2.37. The molecule has 1 saturated heterocycles. The minimum Gasteiger partial charge on any atom is -0.391 e. The van der Waals surface area contributed by atoms with Gasteiger partial charge in [-0.25, -0.2) is 4.79 Å². The predicted molar refractivity (Wildman–Crippen MR) is 99.9 cm³/mol. The molecular weight excluding hydrogens is 338 g/mol. The van der Waals surface area contributed by atoms with E-state index in [4.69, 9.17) is 11.6 Å². The van der Waals surface area contributed by atoms with Gasteiger partial charge >= 0.3 is 5.69 Å². The molecule has 1 atom stereocenters. The summed E-state index contributed by atoms with van der Waals surface area (Å²) >= 11 is 6.33. The highest BCUT2D eigenvalue weighted by molar-refractivity contribution is 6.32. The van der Waals surface area contributed by atoms with Crippen molar-refractivity contribution in [2.75, 3.05) is 18.0 Å². The SMILES string of the molecule is Cc1ccc2c(N3CC[C@@H](O)C3)nc(=O)n(-c3ccccc3Cl)c2c1. The van der Waals surface area contributed by atoms with Gasteiger partial charge in [0.2, 0.25) is 0 Å². The third-order valence-corrected chi connectivity index (χ3v) is 4.90. The number of aryl methyl sites for hydroxylation is 1. The third kappa shape index (κ3) is 2.79. The Kier molecular flexibility index (Phi) is 3.98. The number of hydrogen-bond donors (Lipinski definition) is 1. The molecule has 2 heterocycles. The molecule has 3 aromatic rings. The van der Waals surface area contributed by atoms with Crippen LogP contribution < -0.4 is 10.6 Å². The number of aliphatic hydroxyl groups is 1. The largest absolute Gasteiger partial charge is 0.391 e. The number of anilines is 1. The fourth-order valence-electron chi connectivity index (χ4n) is 3.36. The molecule has 4 rings (SSSR count). The van der Waals surface area contributed by atoms with E-state index in [-0.39, 0.29) is 11.8 Å². The molecule has 6 heteroatoms. The van der Waals surface area contributed by atoms with Gasteiger partial charge in [-0.15, -0.1) is 0 Å². The first-order chi connectivity index (χ1) is 12.0. The molecule has 1 aliphatic rings. The summed E-state index contributed by atoms with van der Waals surface area (Å²) in [4.78, 5) is 19.2. The summed E-state index contributed by atoms with van der Waals surface area (Å²) in [6, 6.07) is 13.2. The van der Waals surface area contributed by atoms with E-state index in [2.05, 4.69) is 4.98 Å². The van der Waals surface area contributed by atoms with Gasteiger partial charge in [0.15, 0.2) is 0 Å². The van der Waals surface area contributed by atoms with Crippen LogP contribution in [0.4, 0.5) is 5.82 Å². The van der Waals surface area contributed by atoms with Crippen molar-refractivity contribution in [2.24, 2.45) is 0 Å². The summed E-state index contributed by atoms with van der Waals surface area (Å²) in [6.07, 6.45) is 0.302. The first-order valence-corrected chi connectivity index (χ1v) is 8.64. The van der Waals surface area contributed by atoms with E-state index < -0.39 is 0 Å². The lowest BCUT2D eigenvalue weighted by Crippen LogP contribution is -2.29. The van der Waals surface area contributed by atoms with Gasteiger partial charge in [-0.1, -0.05) is 29.8 Å². The van der Waals surface area contributed by atoms with Gasteiger partial charge in [0.1, 0.15) is 5.82 Å². The molecule has 128 valence electrons. The molecule has 1 aliphatic heterocycles. The molecule has 0 bridgehead atoms. The van der Waals surface area contributed by atoms with E-state index >= 15 is 0 Å². The molecular formula is C19H18ClN3O2. The monoisotopic (exact) mass is 355 g/mol. The zero-order chi connectivity index (χ0) is 17.6. The normalized spacial score (nSPS) is 17.4. The topological polar surface area (TPSA) is 58.4 Å². The number of aromatic nitrogens is 2. The molecule has 1 aromatic heterocycles. The first-order valence-electron chi connectivity index (χ1n) is 8.26. The van der Waals surface area contributed by atoms with E-state index in [0.29, 0.717) is 36.0 Å². The van der Waals surface area contributed by atoms with Gasteiger partial charge in [-0.2, -0.15) is 4.98 Å². The number of β-amino-alcohol motifs (C(OH)–C–C–N with tert-alkyl or cyclic N) is 1. The van der Waals surface area contributed by atoms with Crippen LogP contribution in [0.3, 0.4) is 0 Å². The van der Waals surface area contributed by atoms with Crippen LogP contribution in [0.1, 0.15) is 12.0 Å². The molecule has 1 N–H and O–H groups in total. The number of halogens is 1. The second kappa shape index (κ2) is 6.17. The van der Waals surface area contributed by atoms with Gasteiger partial charge in [0, 0.05) is 18.5 Å². The van der Waals surface area contributed by atoms with Gasteiger partial charge in [-0.3, -0.25) is 4.57 Å². The number of nitrogens with zero attached hydrogens (tertiary/aromatic N) is 3. The second-order valence-electron chi connectivity index (χ2n) is 6.41. The maximum absolute atomic E-state index is 12.9. The summed E-state index contributed by atoms with van der Waals surface area (Å²) in [5.74, 6) is 0.625. The van der Waals surface area contributed by atoms with Crippen molar-refractivity contribution in [3.05, 3.63) is 63.5 Å². The van der Waals surface area contributed by atoms with Crippen LogP contribution in [0.15, 0.2) is 47.3 Å². The molecule has 0 unspecified atom stereocenters. The number of fused-ring (bicyclic) bond motifs is 1. The molecule has 25 heavy (non-hydrogen) atoms. The van der Waals surface area contributed by atoms with Gasteiger partial charge in [0.05, 0.1) is 22.3 Å². The Morgan fingerprint density at radius 2 is 2.04 bits per heavy atom. The number of para-hydroxylation sites is 1. The Bertz CT molecular complexity index is 1020. The lowest BCUT2D eigenvalue weighted by Gasteiger charge is -2.21. The Morgan fingerprint density at radius 3 is 2.76 bits per heavy atom. The zero-order valence-electron chi connectivity index (χ0n) is 13.8. The summed E-state index contributed by atoms with van der Waals surface area (Å²) in [5, 5.41) is 11.2. The molecule has 2 aromatic carbocycles. The minimum atomic E-state index is -0.381. The summed E-state index contributed by atoms with van der Waals surface area (Å²) < 4.78 is 1.56. The number of rotatable bonds is 2. The van der Waals surface area contributed by atoms with Gasteiger partial charge in [-0.05, 0) is 43.2 Å².